The number of rotatable bonds is 8. The molecular weight excluding hydrogens is 434 g/mol. The van der Waals surface area contributed by atoms with Crippen molar-refractivity contribution >= 4 is 15.7 Å². The Balaban J connectivity index is 1.50. The molecule has 1 aromatic rings. The topological polar surface area (TPSA) is 72.9 Å². The van der Waals surface area contributed by atoms with E-state index in [9.17, 15) is 13.5 Å². The predicted molar refractivity (Wildman–Crippen MR) is 135 cm³/mol. The second-order valence-electron chi connectivity index (χ2n) is 11.7. The lowest BCUT2D eigenvalue weighted by atomic mass is 9.64. The monoisotopic (exact) mass is 477 g/mol. The minimum atomic E-state index is -3.49. The molecule has 3 atom stereocenters. The quantitative estimate of drug-likeness (QED) is 0.601. The zero-order valence-electron chi connectivity index (χ0n) is 21.1. The molecule has 33 heavy (non-hydrogen) atoms. The SMILES string of the molecule is Cc1ccccc1N1CCN(S(=O)(=O)C[C@@]23CC[C@@H](C[C@]2(O)CNCC(C)C)C3(C)C)CC1. The van der Waals surface area contributed by atoms with E-state index in [1.54, 1.807) is 4.31 Å². The van der Waals surface area contributed by atoms with Gasteiger partial charge in [0.2, 0.25) is 10.0 Å². The number of hydrogen-bond acceptors (Lipinski definition) is 5. The largest absolute Gasteiger partial charge is 0.388 e. The Bertz CT molecular complexity index is 955. The van der Waals surface area contributed by atoms with E-state index < -0.39 is 21.0 Å². The van der Waals surface area contributed by atoms with E-state index in [1.165, 1.54) is 11.3 Å². The average molecular weight is 478 g/mol. The number of fused-ring (bicyclic) bond motifs is 2. The summed E-state index contributed by atoms with van der Waals surface area (Å²) >= 11 is 0. The van der Waals surface area contributed by atoms with Crippen molar-refractivity contribution in [1.82, 2.24) is 9.62 Å². The van der Waals surface area contributed by atoms with Gasteiger partial charge in [0.15, 0.2) is 0 Å². The summed E-state index contributed by atoms with van der Waals surface area (Å²) in [5, 5.41) is 15.4. The summed E-state index contributed by atoms with van der Waals surface area (Å²) in [6, 6.07) is 8.29. The molecule has 2 N–H and O–H groups in total. The van der Waals surface area contributed by atoms with Gasteiger partial charge in [-0.05, 0) is 61.6 Å². The van der Waals surface area contributed by atoms with Crippen molar-refractivity contribution in [3.8, 4) is 0 Å². The van der Waals surface area contributed by atoms with Crippen LogP contribution in [0.15, 0.2) is 24.3 Å². The van der Waals surface area contributed by atoms with E-state index >= 15 is 0 Å². The maximum atomic E-state index is 13.8. The molecule has 0 unspecified atom stereocenters. The van der Waals surface area contributed by atoms with E-state index in [2.05, 4.69) is 57.0 Å². The zero-order chi connectivity index (χ0) is 24.1. The van der Waals surface area contributed by atoms with E-state index in [0.29, 0.717) is 51.0 Å². The number of aliphatic hydroxyl groups is 1. The zero-order valence-corrected chi connectivity index (χ0v) is 21.9. The normalized spacial score (nSPS) is 32.1. The predicted octanol–water partition coefficient (Wildman–Crippen LogP) is 3.25. The molecule has 6 nitrogen and oxygen atoms in total. The fraction of sp³-hybridized carbons (Fsp3) is 0.769. The van der Waals surface area contributed by atoms with Crippen LogP contribution in [0.3, 0.4) is 0 Å². The fourth-order valence-electron chi connectivity index (χ4n) is 7.02. The van der Waals surface area contributed by atoms with Crippen molar-refractivity contribution < 1.29 is 13.5 Å². The Morgan fingerprint density at radius 2 is 1.82 bits per heavy atom. The lowest BCUT2D eigenvalue weighted by Crippen LogP contribution is -2.60. The molecule has 1 heterocycles. The van der Waals surface area contributed by atoms with E-state index in [-0.39, 0.29) is 11.2 Å². The maximum absolute atomic E-state index is 13.8. The van der Waals surface area contributed by atoms with Gasteiger partial charge in [-0.2, -0.15) is 4.31 Å². The van der Waals surface area contributed by atoms with Gasteiger partial charge in [0, 0.05) is 43.8 Å². The lowest BCUT2D eigenvalue weighted by Gasteiger charge is -2.49. The van der Waals surface area contributed by atoms with Crippen LogP contribution >= 0.6 is 0 Å². The van der Waals surface area contributed by atoms with Gasteiger partial charge >= 0.3 is 0 Å². The fourth-order valence-corrected chi connectivity index (χ4v) is 9.33. The molecular formula is C26H43N3O3S. The van der Waals surface area contributed by atoms with Crippen molar-refractivity contribution in [2.75, 3.05) is 49.9 Å². The number of piperazine rings is 1. The van der Waals surface area contributed by atoms with Crippen molar-refractivity contribution in [2.45, 2.75) is 59.5 Å². The van der Waals surface area contributed by atoms with Crippen molar-refractivity contribution in [1.29, 1.82) is 0 Å². The first kappa shape index (κ1) is 25.0. The summed E-state index contributed by atoms with van der Waals surface area (Å²) in [6.07, 6.45) is 2.49. The van der Waals surface area contributed by atoms with Crippen LogP contribution in [0.1, 0.15) is 52.5 Å². The summed E-state index contributed by atoms with van der Waals surface area (Å²) in [5.41, 5.74) is 0.619. The first-order valence-electron chi connectivity index (χ1n) is 12.6. The van der Waals surface area contributed by atoms with Gasteiger partial charge < -0.3 is 15.3 Å². The highest BCUT2D eigenvalue weighted by Crippen LogP contribution is 2.70. The van der Waals surface area contributed by atoms with Gasteiger partial charge in [0.25, 0.3) is 0 Å². The van der Waals surface area contributed by atoms with Crippen LogP contribution < -0.4 is 10.2 Å². The third-order valence-electron chi connectivity index (χ3n) is 9.14. The summed E-state index contributed by atoms with van der Waals surface area (Å²) in [4.78, 5) is 2.29. The second-order valence-corrected chi connectivity index (χ2v) is 13.7. The molecule has 0 amide bonds. The van der Waals surface area contributed by atoms with Crippen molar-refractivity contribution in [3.63, 3.8) is 0 Å². The number of hydrogen-bond donors (Lipinski definition) is 2. The van der Waals surface area contributed by atoms with Crippen LogP contribution in [0.5, 0.6) is 0 Å². The Kier molecular flexibility index (Phi) is 6.66. The van der Waals surface area contributed by atoms with Gasteiger partial charge in [-0.15, -0.1) is 0 Å². The van der Waals surface area contributed by atoms with Crippen LogP contribution in [-0.2, 0) is 10.0 Å². The van der Waals surface area contributed by atoms with Gasteiger partial charge in [0.1, 0.15) is 0 Å². The van der Waals surface area contributed by atoms with Crippen LogP contribution in [-0.4, -0.2) is 68.5 Å². The number of nitrogens with zero attached hydrogens (tertiary/aromatic N) is 2. The molecule has 0 aromatic heterocycles. The standard InChI is InChI=1S/C26H43N3O3S/c1-20(2)17-27-18-26(30)16-22-10-11-25(26,24(22,4)5)19-33(31,32)29-14-12-28(13-15-29)23-9-7-6-8-21(23)3/h6-9,20,22,27,30H,10-19H2,1-5H3/t22-,25+,26-/m0/s1. The van der Waals surface area contributed by atoms with Crippen LogP contribution in [0.25, 0.3) is 0 Å². The number of sulfonamides is 1. The highest BCUT2D eigenvalue weighted by Gasteiger charge is 2.71. The molecule has 1 aliphatic heterocycles. The van der Waals surface area contributed by atoms with Gasteiger partial charge in [-0.3, -0.25) is 0 Å². The van der Waals surface area contributed by atoms with Crippen molar-refractivity contribution in [2.24, 2.45) is 22.7 Å². The lowest BCUT2D eigenvalue weighted by molar-refractivity contribution is -0.0853. The van der Waals surface area contributed by atoms with Crippen LogP contribution in [0, 0.1) is 29.6 Å². The summed E-state index contributed by atoms with van der Waals surface area (Å²) in [5.74, 6) is 0.911. The molecule has 2 aliphatic carbocycles. The van der Waals surface area contributed by atoms with Gasteiger partial charge in [0.05, 0.1) is 11.4 Å². The van der Waals surface area contributed by atoms with Crippen LogP contribution in [0.4, 0.5) is 5.69 Å². The molecule has 186 valence electrons. The molecule has 0 radical (unpaired) electrons. The Labute approximate surface area is 200 Å². The van der Waals surface area contributed by atoms with E-state index in [0.717, 1.165) is 19.4 Å². The van der Waals surface area contributed by atoms with Crippen molar-refractivity contribution in [3.05, 3.63) is 29.8 Å². The summed E-state index contributed by atoms with van der Waals surface area (Å²) < 4.78 is 29.2. The molecule has 1 saturated heterocycles. The van der Waals surface area contributed by atoms with Crippen LogP contribution in [0.2, 0.25) is 0 Å². The molecule has 1 aromatic carbocycles. The molecule has 4 rings (SSSR count). The Morgan fingerprint density at radius 1 is 1.15 bits per heavy atom. The molecule has 3 fully saturated rings. The Morgan fingerprint density at radius 3 is 2.42 bits per heavy atom. The van der Waals surface area contributed by atoms with E-state index in [1.807, 2.05) is 12.1 Å². The van der Waals surface area contributed by atoms with E-state index in [4.69, 9.17) is 0 Å². The minimum absolute atomic E-state index is 0.0493. The molecule has 3 aliphatic rings. The minimum Gasteiger partial charge on any atom is -0.388 e. The summed E-state index contributed by atoms with van der Waals surface area (Å²) in [6.45, 7) is 14.5. The smallest absolute Gasteiger partial charge is 0.214 e. The summed E-state index contributed by atoms with van der Waals surface area (Å²) in [7, 11) is -3.49. The Hall–Kier alpha value is -1.15. The number of benzene rings is 1. The number of nitrogens with one attached hydrogen (secondary N) is 1. The third-order valence-corrected chi connectivity index (χ3v) is 11.1. The third kappa shape index (κ3) is 4.24. The maximum Gasteiger partial charge on any atom is 0.214 e. The number of para-hydroxylation sites is 1. The first-order valence-corrected chi connectivity index (χ1v) is 14.2. The highest BCUT2D eigenvalue weighted by atomic mass is 32.2. The molecule has 2 saturated carbocycles. The second kappa shape index (κ2) is 8.81. The first-order chi connectivity index (χ1) is 15.4. The molecule has 7 heteroatoms. The average Bonchev–Trinajstić information content (AvgIpc) is 3.07. The number of anilines is 1. The molecule has 2 bridgehead atoms. The number of aryl methyl sites for hydroxylation is 1. The highest BCUT2D eigenvalue weighted by molar-refractivity contribution is 7.89. The molecule has 0 spiro atoms. The van der Waals surface area contributed by atoms with Gasteiger partial charge in [-0.1, -0.05) is 45.9 Å². The van der Waals surface area contributed by atoms with Gasteiger partial charge in [-0.25, -0.2) is 8.42 Å².